The molecule has 4 aromatic rings. The molecule has 0 unspecified atom stereocenters. The maximum absolute atomic E-state index is 12.9. The highest BCUT2D eigenvalue weighted by Gasteiger charge is 2.18. The summed E-state index contributed by atoms with van der Waals surface area (Å²) in [7, 11) is 0. The van der Waals surface area contributed by atoms with Crippen molar-refractivity contribution in [2.45, 2.75) is 40.0 Å². The highest BCUT2D eigenvalue weighted by atomic mass is 32.1. The van der Waals surface area contributed by atoms with Gasteiger partial charge in [-0.25, -0.2) is 4.98 Å². The molecule has 2 aromatic carbocycles. The van der Waals surface area contributed by atoms with Crippen LogP contribution in [0.25, 0.3) is 22.0 Å². The van der Waals surface area contributed by atoms with E-state index in [0.717, 1.165) is 27.6 Å². The molecule has 7 nitrogen and oxygen atoms in total. The molecule has 170 valence electrons. The van der Waals surface area contributed by atoms with Gasteiger partial charge >= 0.3 is 0 Å². The zero-order valence-corrected chi connectivity index (χ0v) is 19.9. The lowest BCUT2D eigenvalue weighted by Crippen LogP contribution is -2.16. The molecule has 1 amide bonds. The normalized spacial score (nSPS) is 11.1. The molecule has 0 aliphatic heterocycles. The van der Waals surface area contributed by atoms with Gasteiger partial charge in [-0.05, 0) is 49.7 Å². The molecule has 2 aromatic heterocycles. The second kappa shape index (κ2) is 9.95. The quantitative estimate of drug-likeness (QED) is 0.352. The molecule has 0 atom stereocenters. The summed E-state index contributed by atoms with van der Waals surface area (Å²) in [6.45, 7) is 8.53. The Morgan fingerprint density at radius 1 is 1.15 bits per heavy atom. The lowest BCUT2D eigenvalue weighted by atomic mass is 10.1. The monoisotopic (exact) mass is 462 g/mol. The van der Waals surface area contributed by atoms with Crippen LogP contribution in [0, 0.1) is 6.92 Å². The number of aromatic nitrogens is 3. The maximum atomic E-state index is 12.9. The van der Waals surface area contributed by atoms with Crippen molar-refractivity contribution in [2.75, 3.05) is 11.9 Å². The van der Waals surface area contributed by atoms with Crippen LogP contribution in [0.1, 0.15) is 43.8 Å². The van der Waals surface area contributed by atoms with Crippen LogP contribution in [-0.2, 0) is 11.2 Å². The van der Waals surface area contributed by atoms with Crippen LogP contribution in [0.15, 0.2) is 52.4 Å². The number of hydrogen-bond donors (Lipinski definition) is 1. The van der Waals surface area contributed by atoms with E-state index in [1.165, 1.54) is 11.3 Å². The maximum Gasteiger partial charge on any atom is 0.260 e. The Hall–Kier alpha value is -3.52. The smallest absolute Gasteiger partial charge is 0.260 e. The molecular formula is C25H26N4O3S. The molecule has 4 rings (SSSR count). The Morgan fingerprint density at radius 3 is 2.64 bits per heavy atom. The van der Waals surface area contributed by atoms with Gasteiger partial charge in [0.05, 0.1) is 30.0 Å². The number of hydrogen-bond acceptors (Lipinski definition) is 7. The summed E-state index contributed by atoms with van der Waals surface area (Å²) >= 11 is 1.51. The second-order valence-corrected chi connectivity index (χ2v) is 8.79. The highest BCUT2D eigenvalue weighted by Crippen LogP contribution is 2.31. The minimum absolute atomic E-state index is 0.152. The molecule has 0 saturated carbocycles. The van der Waals surface area contributed by atoms with Crippen LogP contribution in [-0.4, -0.2) is 27.6 Å². The predicted octanol–water partition coefficient (Wildman–Crippen LogP) is 5.87. The molecular weight excluding hydrogens is 436 g/mol. The lowest BCUT2D eigenvalue weighted by Gasteiger charge is -2.11. The topological polar surface area (TPSA) is 90.1 Å². The van der Waals surface area contributed by atoms with E-state index in [2.05, 4.69) is 20.4 Å². The Balaban J connectivity index is 1.48. The van der Waals surface area contributed by atoms with Gasteiger partial charge in [-0.15, -0.1) is 11.3 Å². The molecule has 0 spiro atoms. The molecule has 0 fully saturated rings. The van der Waals surface area contributed by atoms with E-state index >= 15 is 0 Å². The number of aryl methyl sites for hydroxylation is 1. The van der Waals surface area contributed by atoms with Gasteiger partial charge in [-0.3, -0.25) is 4.79 Å². The van der Waals surface area contributed by atoms with Crippen LogP contribution >= 0.6 is 11.3 Å². The summed E-state index contributed by atoms with van der Waals surface area (Å²) in [5, 5.41) is 9.84. The number of para-hydroxylation sites is 1. The van der Waals surface area contributed by atoms with Crippen LogP contribution in [0.3, 0.4) is 0 Å². The van der Waals surface area contributed by atoms with E-state index in [1.807, 2.05) is 75.5 Å². The molecule has 2 heterocycles. The standard InChI is InChI=1S/C25H26N4O3S/c1-5-31-19-11-9-17(10-12-19)25-26-18(14-33-25)13-21(30)27-22-16(4)7-6-8-20(22)24-28-23(15(2)3)29-32-24/h6-12,14-15H,5,13H2,1-4H3,(H,27,30). The Kier molecular flexibility index (Phi) is 6.84. The number of nitrogens with one attached hydrogen (secondary N) is 1. The number of ether oxygens (including phenoxy) is 1. The SMILES string of the molecule is CCOc1ccc(-c2nc(CC(=O)Nc3c(C)cccc3-c3nc(C(C)C)no3)cs2)cc1. The molecule has 0 aliphatic carbocycles. The summed E-state index contributed by atoms with van der Waals surface area (Å²) in [6.07, 6.45) is 0.169. The first kappa shape index (κ1) is 22.7. The largest absolute Gasteiger partial charge is 0.494 e. The summed E-state index contributed by atoms with van der Waals surface area (Å²) in [4.78, 5) is 22.0. The minimum atomic E-state index is -0.155. The van der Waals surface area contributed by atoms with Gasteiger partial charge in [-0.2, -0.15) is 4.98 Å². The number of carbonyl (C=O) groups is 1. The van der Waals surface area contributed by atoms with E-state index in [-0.39, 0.29) is 18.2 Å². The molecule has 33 heavy (non-hydrogen) atoms. The van der Waals surface area contributed by atoms with Gasteiger partial charge in [0.25, 0.3) is 5.89 Å². The molecule has 8 heteroatoms. The van der Waals surface area contributed by atoms with Crippen molar-refractivity contribution >= 4 is 22.9 Å². The molecule has 0 saturated heterocycles. The van der Waals surface area contributed by atoms with Crippen molar-refractivity contribution in [1.82, 2.24) is 15.1 Å². The Bertz CT molecular complexity index is 1240. The van der Waals surface area contributed by atoms with E-state index < -0.39 is 0 Å². The fourth-order valence-corrected chi connectivity index (χ4v) is 4.15. The molecule has 1 N–H and O–H groups in total. The number of thiazole rings is 1. The number of nitrogens with zero attached hydrogens (tertiary/aromatic N) is 3. The van der Waals surface area contributed by atoms with Gasteiger partial charge in [0.1, 0.15) is 10.8 Å². The lowest BCUT2D eigenvalue weighted by molar-refractivity contribution is -0.115. The molecule has 0 bridgehead atoms. The van der Waals surface area contributed by atoms with Crippen LogP contribution < -0.4 is 10.1 Å². The summed E-state index contributed by atoms with van der Waals surface area (Å²) < 4.78 is 10.9. The second-order valence-electron chi connectivity index (χ2n) is 7.94. The fourth-order valence-electron chi connectivity index (χ4n) is 3.32. The fraction of sp³-hybridized carbons (Fsp3) is 0.280. The van der Waals surface area contributed by atoms with E-state index in [0.29, 0.717) is 29.6 Å². The van der Waals surface area contributed by atoms with Crippen LogP contribution in [0.5, 0.6) is 5.75 Å². The number of anilines is 1. The average molecular weight is 463 g/mol. The van der Waals surface area contributed by atoms with Crippen molar-refractivity contribution in [2.24, 2.45) is 0 Å². The number of benzene rings is 2. The summed E-state index contributed by atoms with van der Waals surface area (Å²) in [5.41, 5.74) is 4.00. The minimum Gasteiger partial charge on any atom is -0.494 e. The number of carbonyl (C=O) groups excluding carboxylic acids is 1. The van der Waals surface area contributed by atoms with Gasteiger partial charge in [0.2, 0.25) is 5.91 Å². The van der Waals surface area contributed by atoms with Crippen molar-refractivity contribution in [3.05, 3.63) is 64.9 Å². The van der Waals surface area contributed by atoms with Crippen LogP contribution in [0.2, 0.25) is 0 Å². The van der Waals surface area contributed by atoms with Gasteiger partial charge in [0.15, 0.2) is 5.82 Å². The van der Waals surface area contributed by atoms with E-state index in [1.54, 1.807) is 0 Å². The Labute approximate surface area is 196 Å². The summed E-state index contributed by atoms with van der Waals surface area (Å²) in [6, 6.07) is 13.5. The third-order valence-corrected chi connectivity index (χ3v) is 5.97. The predicted molar refractivity (Wildman–Crippen MR) is 130 cm³/mol. The Morgan fingerprint density at radius 2 is 1.94 bits per heavy atom. The zero-order chi connectivity index (χ0) is 23.4. The van der Waals surface area contributed by atoms with E-state index in [4.69, 9.17) is 9.26 Å². The van der Waals surface area contributed by atoms with Crippen molar-refractivity contribution < 1.29 is 14.1 Å². The van der Waals surface area contributed by atoms with Crippen molar-refractivity contribution in [3.63, 3.8) is 0 Å². The van der Waals surface area contributed by atoms with Crippen molar-refractivity contribution in [1.29, 1.82) is 0 Å². The number of rotatable bonds is 8. The first-order chi connectivity index (χ1) is 15.9. The molecule has 0 radical (unpaired) electrons. The first-order valence-electron chi connectivity index (χ1n) is 10.9. The molecule has 0 aliphatic rings. The van der Waals surface area contributed by atoms with Gasteiger partial charge < -0.3 is 14.6 Å². The zero-order valence-electron chi connectivity index (χ0n) is 19.1. The average Bonchev–Trinajstić information content (AvgIpc) is 3.46. The third kappa shape index (κ3) is 5.28. The number of amides is 1. The van der Waals surface area contributed by atoms with Crippen molar-refractivity contribution in [3.8, 4) is 27.8 Å². The third-order valence-electron chi connectivity index (χ3n) is 5.03. The van der Waals surface area contributed by atoms with Gasteiger partial charge in [-0.1, -0.05) is 31.1 Å². The summed E-state index contributed by atoms with van der Waals surface area (Å²) in [5.74, 6) is 1.85. The highest BCUT2D eigenvalue weighted by molar-refractivity contribution is 7.13. The van der Waals surface area contributed by atoms with Crippen LogP contribution in [0.4, 0.5) is 5.69 Å². The van der Waals surface area contributed by atoms with E-state index in [9.17, 15) is 4.79 Å². The first-order valence-corrected chi connectivity index (χ1v) is 11.7. The van der Waals surface area contributed by atoms with Gasteiger partial charge in [0, 0.05) is 16.9 Å².